The maximum atomic E-state index is 12.6. The molecule has 0 saturated heterocycles. The van der Waals surface area contributed by atoms with Crippen LogP contribution in [0.5, 0.6) is 5.75 Å². The van der Waals surface area contributed by atoms with Crippen LogP contribution in [0, 0.1) is 3.57 Å². The highest BCUT2D eigenvalue weighted by Gasteiger charge is 2.14. The predicted octanol–water partition coefficient (Wildman–Crippen LogP) is 3.98. The molecule has 1 aromatic heterocycles. The standard InChI is InChI=1S/C21H16IN3O3S/c22-16-8-9-19(26)15(11-16)13-23-25-21(28)18(12-17-7-4-10-29-17)24-20(27)14-5-2-1-3-6-14/h1-13,26H,(H,24,27)(H,25,28)/b18-12-,23-13-. The van der Waals surface area contributed by atoms with Gasteiger partial charge in [-0.1, -0.05) is 24.3 Å². The van der Waals surface area contributed by atoms with Crippen LogP contribution in [0.25, 0.3) is 6.08 Å². The SMILES string of the molecule is O=C(N/N=C\c1cc(I)ccc1O)/C(=C/c1cccs1)NC(=O)c1ccccc1. The third-order valence-corrected chi connectivity index (χ3v) is 5.21. The molecule has 0 fully saturated rings. The Bertz CT molecular complexity index is 1060. The van der Waals surface area contributed by atoms with Crippen molar-refractivity contribution in [2.75, 3.05) is 0 Å². The number of amides is 2. The fraction of sp³-hybridized carbons (Fsp3) is 0. The Morgan fingerprint density at radius 3 is 2.59 bits per heavy atom. The molecule has 0 atom stereocenters. The summed E-state index contributed by atoms with van der Waals surface area (Å²) in [6, 6.07) is 17.3. The topological polar surface area (TPSA) is 90.8 Å². The number of aromatic hydroxyl groups is 1. The molecule has 6 nitrogen and oxygen atoms in total. The van der Waals surface area contributed by atoms with Crippen LogP contribution >= 0.6 is 33.9 Å². The van der Waals surface area contributed by atoms with Crippen LogP contribution in [-0.4, -0.2) is 23.1 Å². The number of phenolic OH excluding ortho intramolecular Hbond substituents is 1. The van der Waals surface area contributed by atoms with Crippen molar-refractivity contribution in [1.29, 1.82) is 0 Å². The Kier molecular flexibility index (Phi) is 7.14. The number of hydrogen-bond acceptors (Lipinski definition) is 5. The normalized spacial score (nSPS) is 11.4. The largest absolute Gasteiger partial charge is 0.507 e. The minimum Gasteiger partial charge on any atom is -0.507 e. The van der Waals surface area contributed by atoms with E-state index in [4.69, 9.17) is 0 Å². The molecule has 3 aromatic rings. The lowest BCUT2D eigenvalue weighted by Crippen LogP contribution is -2.32. The molecule has 3 rings (SSSR count). The average molecular weight is 517 g/mol. The average Bonchev–Trinajstić information content (AvgIpc) is 3.23. The van der Waals surface area contributed by atoms with E-state index in [2.05, 4.69) is 38.4 Å². The van der Waals surface area contributed by atoms with Crippen LogP contribution in [0.2, 0.25) is 0 Å². The number of carbonyl (C=O) groups is 2. The van der Waals surface area contributed by atoms with Gasteiger partial charge >= 0.3 is 0 Å². The number of nitrogens with zero attached hydrogens (tertiary/aromatic N) is 1. The molecule has 3 N–H and O–H groups in total. The number of phenols is 1. The van der Waals surface area contributed by atoms with E-state index in [1.54, 1.807) is 54.6 Å². The molecule has 0 radical (unpaired) electrons. The van der Waals surface area contributed by atoms with E-state index >= 15 is 0 Å². The number of hydrogen-bond donors (Lipinski definition) is 3. The number of nitrogens with one attached hydrogen (secondary N) is 2. The van der Waals surface area contributed by atoms with Gasteiger partial charge in [0.25, 0.3) is 11.8 Å². The Hall–Kier alpha value is -2.98. The van der Waals surface area contributed by atoms with Crippen molar-refractivity contribution >= 4 is 58.0 Å². The van der Waals surface area contributed by atoms with E-state index in [0.717, 1.165) is 8.45 Å². The zero-order chi connectivity index (χ0) is 20.6. The fourth-order valence-corrected chi connectivity index (χ4v) is 3.48. The van der Waals surface area contributed by atoms with Crippen molar-refractivity contribution in [3.8, 4) is 5.75 Å². The lowest BCUT2D eigenvalue weighted by molar-refractivity contribution is -0.117. The zero-order valence-electron chi connectivity index (χ0n) is 15.0. The minimum absolute atomic E-state index is 0.0511. The van der Waals surface area contributed by atoms with E-state index in [-0.39, 0.29) is 11.4 Å². The van der Waals surface area contributed by atoms with Crippen molar-refractivity contribution in [2.24, 2.45) is 5.10 Å². The van der Waals surface area contributed by atoms with Gasteiger partial charge in [-0.25, -0.2) is 5.43 Å². The van der Waals surface area contributed by atoms with Gasteiger partial charge in [-0.3, -0.25) is 9.59 Å². The highest BCUT2D eigenvalue weighted by molar-refractivity contribution is 14.1. The van der Waals surface area contributed by atoms with Crippen LogP contribution in [0.15, 0.2) is 76.8 Å². The summed E-state index contributed by atoms with van der Waals surface area (Å²) in [6.45, 7) is 0. The molecule has 0 aliphatic rings. The van der Waals surface area contributed by atoms with Gasteiger partial charge in [0.1, 0.15) is 11.4 Å². The Morgan fingerprint density at radius 2 is 1.86 bits per heavy atom. The first-order chi connectivity index (χ1) is 14.0. The number of rotatable bonds is 6. The van der Waals surface area contributed by atoms with E-state index in [0.29, 0.717) is 11.1 Å². The molecule has 0 saturated carbocycles. The summed E-state index contributed by atoms with van der Waals surface area (Å²) in [4.78, 5) is 25.9. The monoisotopic (exact) mass is 517 g/mol. The summed E-state index contributed by atoms with van der Waals surface area (Å²) in [5.74, 6) is -0.929. The van der Waals surface area contributed by atoms with Crippen LogP contribution in [0.1, 0.15) is 20.8 Å². The van der Waals surface area contributed by atoms with E-state index in [1.165, 1.54) is 17.6 Å². The predicted molar refractivity (Wildman–Crippen MR) is 123 cm³/mol. The fourth-order valence-electron chi connectivity index (χ4n) is 2.31. The number of thiophene rings is 1. The summed E-state index contributed by atoms with van der Waals surface area (Å²) >= 11 is 3.55. The maximum Gasteiger partial charge on any atom is 0.287 e. The van der Waals surface area contributed by atoms with Crippen molar-refractivity contribution in [3.63, 3.8) is 0 Å². The summed E-state index contributed by atoms with van der Waals surface area (Å²) in [5, 5.41) is 18.3. The lowest BCUT2D eigenvalue weighted by atomic mass is 10.2. The van der Waals surface area contributed by atoms with Gasteiger partial charge in [-0.15, -0.1) is 11.3 Å². The zero-order valence-corrected chi connectivity index (χ0v) is 18.0. The molecule has 29 heavy (non-hydrogen) atoms. The van der Waals surface area contributed by atoms with Gasteiger partial charge < -0.3 is 10.4 Å². The molecule has 0 spiro atoms. The molecule has 146 valence electrons. The van der Waals surface area contributed by atoms with Crippen LogP contribution in [-0.2, 0) is 4.79 Å². The Labute approximate surface area is 185 Å². The van der Waals surface area contributed by atoms with Crippen LogP contribution in [0.4, 0.5) is 0 Å². The van der Waals surface area contributed by atoms with E-state index < -0.39 is 11.8 Å². The molecular weight excluding hydrogens is 501 g/mol. The molecule has 0 unspecified atom stereocenters. The lowest BCUT2D eigenvalue weighted by Gasteiger charge is -2.08. The van der Waals surface area contributed by atoms with Crippen molar-refractivity contribution < 1.29 is 14.7 Å². The molecule has 2 amide bonds. The van der Waals surface area contributed by atoms with Gasteiger partial charge in [0, 0.05) is 19.6 Å². The van der Waals surface area contributed by atoms with Crippen molar-refractivity contribution in [3.05, 3.63) is 91.3 Å². The summed E-state index contributed by atoms with van der Waals surface area (Å²) in [6.07, 6.45) is 2.93. The second-order valence-corrected chi connectivity index (χ2v) is 8.02. The number of halogens is 1. The first-order valence-electron chi connectivity index (χ1n) is 8.46. The van der Waals surface area contributed by atoms with Crippen LogP contribution < -0.4 is 10.7 Å². The highest BCUT2D eigenvalue weighted by atomic mass is 127. The number of benzene rings is 2. The second kappa shape index (κ2) is 9.99. The highest BCUT2D eigenvalue weighted by Crippen LogP contribution is 2.17. The molecule has 2 aromatic carbocycles. The molecule has 8 heteroatoms. The molecule has 0 aliphatic heterocycles. The van der Waals surface area contributed by atoms with Gasteiger partial charge in [0.2, 0.25) is 0 Å². The van der Waals surface area contributed by atoms with E-state index in [9.17, 15) is 14.7 Å². The van der Waals surface area contributed by atoms with Crippen molar-refractivity contribution in [1.82, 2.24) is 10.7 Å². The second-order valence-electron chi connectivity index (χ2n) is 5.80. The Morgan fingerprint density at radius 1 is 1.07 bits per heavy atom. The van der Waals surface area contributed by atoms with Crippen molar-refractivity contribution in [2.45, 2.75) is 0 Å². The number of hydrazone groups is 1. The summed E-state index contributed by atoms with van der Waals surface area (Å²) in [7, 11) is 0. The minimum atomic E-state index is -0.580. The third kappa shape index (κ3) is 6.00. The van der Waals surface area contributed by atoms with Crippen LogP contribution in [0.3, 0.4) is 0 Å². The maximum absolute atomic E-state index is 12.6. The van der Waals surface area contributed by atoms with Gasteiger partial charge in [0.05, 0.1) is 6.21 Å². The third-order valence-electron chi connectivity index (χ3n) is 3.72. The molecular formula is C21H16IN3O3S. The van der Waals surface area contributed by atoms with Gasteiger partial charge in [0.15, 0.2) is 0 Å². The smallest absolute Gasteiger partial charge is 0.287 e. The molecule has 1 heterocycles. The number of carbonyl (C=O) groups excluding carboxylic acids is 2. The first-order valence-corrected chi connectivity index (χ1v) is 10.4. The summed E-state index contributed by atoms with van der Waals surface area (Å²) < 4.78 is 0.918. The quantitative estimate of drug-likeness (QED) is 0.200. The Balaban J connectivity index is 1.77. The van der Waals surface area contributed by atoms with Gasteiger partial charge in [-0.2, -0.15) is 5.10 Å². The van der Waals surface area contributed by atoms with Gasteiger partial charge in [-0.05, 0) is 70.4 Å². The van der Waals surface area contributed by atoms with E-state index in [1.807, 2.05) is 17.5 Å². The summed E-state index contributed by atoms with van der Waals surface area (Å²) in [5.41, 5.74) is 3.35. The first kappa shape index (κ1) is 20.7. The molecule has 0 bridgehead atoms. The molecule has 0 aliphatic carbocycles.